The van der Waals surface area contributed by atoms with Crippen LogP contribution in [-0.2, 0) is 16.0 Å². The molecule has 146 valence electrons. The zero-order valence-electron chi connectivity index (χ0n) is 16.2. The molecule has 1 aliphatic heterocycles. The topological polar surface area (TPSA) is 88.7 Å². The predicted molar refractivity (Wildman–Crippen MR) is 104 cm³/mol. The molecule has 0 saturated carbocycles. The number of aliphatic hydroxyl groups excluding tert-OH is 1. The number of likely N-dealkylation sites (N-methyl/N-ethyl adjacent to an activating group) is 1. The molecular formula is C20H28N4O3. The number of para-hydroxylation sites is 1. The van der Waals surface area contributed by atoms with Crippen LogP contribution in [0.2, 0.25) is 0 Å². The number of aromatic nitrogens is 1. The number of aliphatic hydroxyl groups is 1. The molecule has 0 spiro atoms. The highest BCUT2D eigenvalue weighted by molar-refractivity contribution is 5.90. The van der Waals surface area contributed by atoms with Gasteiger partial charge < -0.3 is 20.3 Å². The lowest BCUT2D eigenvalue weighted by atomic mass is 10.0. The van der Waals surface area contributed by atoms with Crippen molar-refractivity contribution in [2.45, 2.75) is 31.9 Å². The molecule has 3 rings (SSSR count). The summed E-state index contributed by atoms with van der Waals surface area (Å²) in [6.07, 6.45) is 0.226. The van der Waals surface area contributed by atoms with E-state index in [1.807, 2.05) is 36.1 Å². The first-order chi connectivity index (χ1) is 12.8. The third-order valence-electron chi connectivity index (χ3n) is 5.23. The fourth-order valence-electron chi connectivity index (χ4n) is 3.62. The lowest BCUT2D eigenvalue weighted by Crippen LogP contribution is -2.55. The van der Waals surface area contributed by atoms with Gasteiger partial charge in [0.25, 0.3) is 0 Å². The number of H-pyrrole nitrogens is 1. The molecule has 0 radical (unpaired) electrons. The second-order valence-corrected chi connectivity index (χ2v) is 7.50. The highest BCUT2D eigenvalue weighted by Gasteiger charge is 2.30. The van der Waals surface area contributed by atoms with Crippen molar-refractivity contribution in [3.05, 3.63) is 35.5 Å². The average molecular weight is 372 g/mol. The number of rotatable bonds is 5. The molecule has 27 heavy (non-hydrogen) atoms. The van der Waals surface area contributed by atoms with E-state index in [1.165, 1.54) is 0 Å². The zero-order valence-corrected chi connectivity index (χ0v) is 16.2. The van der Waals surface area contributed by atoms with E-state index in [2.05, 4.69) is 10.3 Å². The summed E-state index contributed by atoms with van der Waals surface area (Å²) in [6, 6.07) is 7.65. The van der Waals surface area contributed by atoms with E-state index in [9.17, 15) is 14.7 Å². The van der Waals surface area contributed by atoms with Gasteiger partial charge in [0.1, 0.15) is 0 Å². The van der Waals surface area contributed by atoms with Crippen LogP contribution in [0.15, 0.2) is 24.3 Å². The minimum absolute atomic E-state index is 0.0134. The minimum atomic E-state index is -0.679. The first kappa shape index (κ1) is 19.4. The maximum atomic E-state index is 12.6. The number of hydrogen-bond acceptors (Lipinski definition) is 4. The van der Waals surface area contributed by atoms with Crippen LogP contribution in [-0.4, -0.2) is 77.6 Å². The van der Waals surface area contributed by atoms with Crippen molar-refractivity contribution in [3.63, 3.8) is 0 Å². The molecule has 1 aromatic carbocycles. The molecule has 1 fully saturated rings. The number of aryl methyl sites for hydroxylation is 1. The van der Waals surface area contributed by atoms with Crippen LogP contribution in [0.25, 0.3) is 10.9 Å². The number of β-amino-alcohol motifs (C(OH)–C–C–N with tert-alkyl or cyclic N) is 1. The Hall–Kier alpha value is -2.38. The van der Waals surface area contributed by atoms with E-state index >= 15 is 0 Å². The second-order valence-electron chi connectivity index (χ2n) is 7.50. The molecule has 0 unspecified atom stereocenters. The Morgan fingerprint density at radius 3 is 2.78 bits per heavy atom. The molecule has 0 bridgehead atoms. The smallest absolute Gasteiger partial charge is 0.236 e. The van der Waals surface area contributed by atoms with Gasteiger partial charge in [-0.3, -0.25) is 14.5 Å². The fraction of sp³-hybridized carbons (Fsp3) is 0.500. The number of nitrogens with zero attached hydrogens (tertiary/aromatic N) is 2. The highest BCUT2D eigenvalue weighted by atomic mass is 16.3. The largest absolute Gasteiger partial charge is 0.390 e. The summed E-state index contributed by atoms with van der Waals surface area (Å²) in [5, 5.41) is 14.4. The van der Waals surface area contributed by atoms with E-state index in [-0.39, 0.29) is 24.3 Å². The van der Waals surface area contributed by atoms with Gasteiger partial charge in [0.15, 0.2) is 0 Å². The van der Waals surface area contributed by atoms with Crippen LogP contribution in [0.1, 0.15) is 17.7 Å². The number of carbonyl (C=O) groups excluding carboxylic acids is 2. The first-order valence-electron chi connectivity index (χ1n) is 9.31. The molecule has 1 saturated heterocycles. The Bertz CT molecular complexity index is 830. The molecule has 2 amide bonds. The number of hydrogen-bond donors (Lipinski definition) is 3. The van der Waals surface area contributed by atoms with E-state index in [1.54, 1.807) is 19.0 Å². The number of nitrogens with one attached hydrogen (secondary N) is 2. The number of aromatic amines is 1. The first-order valence-corrected chi connectivity index (χ1v) is 9.31. The number of piperidine rings is 1. The van der Waals surface area contributed by atoms with E-state index in [4.69, 9.17) is 0 Å². The van der Waals surface area contributed by atoms with Crippen LogP contribution >= 0.6 is 0 Å². The SMILES string of the molecule is Cc1[nH]c2ccccc2c1CC(=O)N[C@@H]1CCN(CC(=O)N(C)C)C[C@H]1O. The lowest BCUT2D eigenvalue weighted by Gasteiger charge is -2.36. The fourth-order valence-corrected chi connectivity index (χ4v) is 3.62. The van der Waals surface area contributed by atoms with Crippen molar-refractivity contribution in [2.24, 2.45) is 0 Å². The third kappa shape index (κ3) is 4.48. The molecular weight excluding hydrogens is 344 g/mol. The van der Waals surface area contributed by atoms with Crippen LogP contribution in [0.3, 0.4) is 0 Å². The zero-order chi connectivity index (χ0) is 19.6. The van der Waals surface area contributed by atoms with Crippen molar-refractivity contribution in [3.8, 4) is 0 Å². The van der Waals surface area contributed by atoms with Gasteiger partial charge in [0.05, 0.1) is 25.1 Å². The maximum absolute atomic E-state index is 12.6. The summed E-state index contributed by atoms with van der Waals surface area (Å²) >= 11 is 0. The summed E-state index contributed by atoms with van der Waals surface area (Å²) in [5.41, 5.74) is 3.01. The Morgan fingerprint density at radius 2 is 2.07 bits per heavy atom. The molecule has 1 aromatic heterocycles. The molecule has 2 atom stereocenters. The molecule has 2 heterocycles. The molecule has 2 aromatic rings. The quantitative estimate of drug-likeness (QED) is 0.719. The van der Waals surface area contributed by atoms with Gasteiger partial charge in [-0.25, -0.2) is 0 Å². The number of amides is 2. The highest BCUT2D eigenvalue weighted by Crippen LogP contribution is 2.22. The summed E-state index contributed by atoms with van der Waals surface area (Å²) < 4.78 is 0. The second kappa shape index (κ2) is 8.10. The van der Waals surface area contributed by atoms with E-state index in [0.717, 1.165) is 22.2 Å². The molecule has 0 aliphatic carbocycles. The Kier molecular flexibility index (Phi) is 5.82. The number of carbonyl (C=O) groups is 2. The monoisotopic (exact) mass is 372 g/mol. The molecule has 7 nitrogen and oxygen atoms in total. The van der Waals surface area contributed by atoms with E-state index < -0.39 is 6.10 Å². The van der Waals surface area contributed by atoms with E-state index in [0.29, 0.717) is 26.1 Å². The van der Waals surface area contributed by atoms with Crippen LogP contribution in [0.4, 0.5) is 0 Å². The third-order valence-corrected chi connectivity index (χ3v) is 5.23. The van der Waals surface area contributed by atoms with Gasteiger partial charge in [-0.2, -0.15) is 0 Å². The average Bonchev–Trinajstić information content (AvgIpc) is 2.93. The van der Waals surface area contributed by atoms with Crippen LogP contribution < -0.4 is 5.32 Å². The van der Waals surface area contributed by atoms with Crippen molar-refractivity contribution in [2.75, 3.05) is 33.7 Å². The summed E-state index contributed by atoms with van der Waals surface area (Å²) in [6.45, 7) is 3.32. The number of benzene rings is 1. The van der Waals surface area contributed by atoms with Gasteiger partial charge in [-0.05, 0) is 25.0 Å². The van der Waals surface area contributed by atoms with Crippen molar-refractivity contribution in [1.29, 1.82) is 0 Å². The van der Waals surface area contributed by atoms with Gasteiger partial charge in [-0.15, -0.1) is 0 Å². The lowest BCUT2D eigenvalue weighted by molar-refractivity contribution is -0.131. The summed E-state index contributed by atoms with van der Waals surface area (Å²) in [7, 11) is 3.44. The Balaban J connectivity index is 1.57. The van der Waals surface area contributed by atoms with Gasteiger partial charge >= 0.3 is 0 Å². The van der Waals surface area contributed by atoms with Crippen molar-refractivity contribution in [1.82, 2.24) is 20.1 Å². The van der Waals surface area contributed by atoms with Gasteiger partial charge in [-0.1, -0.05) is 18.2 Å². The molecule has 3 N–H and O–H groups in total. The number of fused-ring (bicyclic) bond motifs is 1. The summed E-state index contributed by atoms with van der Waals surface area (Å²) in [4.78, 5) is 31.2. The normalized spacial score (nSPS) is 20.6. The van der Waals surface area contributed by atoms with Crippen LogP contribution in [0, 0.1) is 6.92 Å². The maximum Gasteiger partial charge on any atom is 0.236 e. The minimum Gasteiger partial charge on any atom is -0.390 e. The van der Waals surface area contributed by atoms with Crippen molar-refractivity contribution < 1.29 is 14.7 Å². The van der Waals surface area contributed by atoms with Gasteiger partial charge in [0, 0.05) is 43.8 Å². The van der Waals surface area contributed by atoms with Crippen molar-refractivity contribution >= 4 is 22.7 Å². The predicted octanol–water partition coefficient (Wildman–Crippen LogP) is 0.658. The number of likely N-dealkylation sites (tertiary alicyclic amines) is 1. The Labute approximate surface area is 159 Å². The standard InChI is InChI=1S/C20H28N4O3/c1-13-15(14-6-4-5-7-16(14)21-13)10-19(26)22-17-8-9-24(11-18(17)25)12-20(27)23(2)3/h4-7,17-18,21,25H,8-12H2,1-3H3,(H,22,26)/t17-,18-/m1/s1. The molecule has 7 heteroatoms. The van der Waals surface area contributed by atoms with Crippen LogP contribution in [0.5, 0.6) is 0 Å². The van der Waals surface area contributed by atoms with Gasteiger partial charge in [0.2, 0.25) is 11.8 Å². The summed E-state index contributed by atoms with van der Waals surface area (Å²) in [5.74, 6) is -0.0794. The molecule has 1 aliphatic rings. The Morgan fingerprint density at radius 1 is 1.33 bits per heavy atom.